The summed E-state index contributed by atoms with van der Waals surface area (Å²) in [5.74, 6) is 1.22. The predicted octanol–water partition coefficient (Wildman–Crippen LogP) is 11.7. The van der Waals surface area contributed by atoms with E-state index in [0.29, 0.717) is 23.4 Å². The fraction of sp³-hybridized carbons (Fsp3) is 0.273. The number of hydrogen-bond acceptors (Lipinski definition) is 10. The molecule has 4 aliphatic heterocycles. The van der Waals surface area contributed by atoms with Crippen LogP contribution in [0.5, 0.6) is 11.5 Å². The smallest absolute Gasteiger partial charge is 0.270 e. The van der Waals surface area contributed by atoms with Gasteiger partial charge in [0.15, 0.2) is 0 Å². The number of fused-ring (bicyclic) bond motifs is 6. The molecule has 2 N–H and O–H groups in total. The van der Waals surface area contributed by atoms with E-state index in [1.807, 2.05) is 42.5 Å². The Kier molecular flexibility index (Phi) is 10.8. The van der Waals surface area contributed by atoms with Crippen molar-refractivity contribution in [1.82, 2.24) is 0 Å². The number of para-hydroxylation sites is 3. The molecule has 12 nitrogen and oxygen atoms in total. The van der Waals surface area contributed by atoms with Gasteiger partial charge in [0.2, 0.25) is 11.4 Å². The maximum atomic E-state index is 11.4. The highest BCUT2D eigenvalue weighted by Crippen LogP contribution is 2.63. The van der Waals surface area contributed by atoms with Crippen LogP contribution in [0.1, 0.15) is 90.5 Å². The van der Waals surface area contributed by atoms with Crippen LogP contribution in [0.3, 0.4) is 0 Å². The van der Waals surface area contributed by atoms with Crippen molar-refractivity contribution in [2.75, 3.05) is 9.80 Å². The third kappa shape index (κ3) is 6.80. The lowest BCUT2D eigenvalue weighted by Gasteiger charge is -2.51. The van der Waals surface area contributed by atoms with Gasteiger partial charge in [-0.3, -0.25) is 25.1 Å². The monoisotopic (exact) mass is 896 g/mol. The maximum absolute atomic E-state index is 11.4. The van der Waals surface area contributed by atoms with Crippen molar-refractivity contribution in [1.29, 1.82) is 0 Å². The Labute approximate surface area is 389 Å². The van der Waals surface area contributed by atoms with Crippen LogP contribution in [0.4, 0.5) is 28.4 Å². The molecule has 11 rings (SSSR count). The number of nitrogens with zero attached hydrogens (tertiary/aromatic N) is 4. The normalized spacial score (nSPS) is 20.9. The van der Waals surface area contributed by atoms with Crippen LogP contribution >= 0.6 is 0 Å². The second-order valence-corrected chi connectivity index (χ2v) is 18.7. The third-order valence-corrected chi connectivity index (χ3v) is 14.6. The van der Waals surface area contributed by atoms with Crippen LogP contribution in [-0.2, 0) is 30.6 Å². The number of nitro benzene ring substituents is 2. The zero-order chi connectivity index (χ0) is 46.7. The van der Waals surface area contributed by atoms with E-state index in [4.69, 9.17) is 9.47 Å². The fourth-order valence-electron chi connectivity index (χ4n) is 11.5. The number of anilines is 3. The van der Waals surface area contributed by atoms with Gasteiger partial charge in [0, 0.05) is 70.1 Å². The quantitative estimate of drug-likeness (QED) is 0.117. The predicted molar refractivity (Wildman–Crippen MR) is 259 cm³/mol. The van der Waals surface area contributed by atoms with Gasteiger partial charge < -0.3 is 24.6 Å². The number of nitro groups is 2. The number of hydrogen-bond donors (Lipinski definition) is 2. The first-order valence-corrected chi connectivity index (χ1v) is 22.8. The zero-order valence-corrected chi connectivity index (χ0v) is 37.7. The third-order valence-electron chi connectivity index (χ3n) is 14.6. The van der Waals surface area contributed by atoms with Crippen LogP contribution in [0.15, 0.2) is 140 Å². The second-order valence-electron chi connectivity index (χ2n) is 18.7. The lowest BCUT2D eigenvalue weighted by Crippen LogP contribution is -2.60. The van der Waals surface area contributed by atoms with E-state index in [0.717, 1.165) is 57.8 Å². The van der Waals surface area contributed by atoms with E-state index in [2.05, 4.69) is 103 Å². The summed E-state index contributed by atoms with van der Waals surface area (Å²) >= 11 is 0. The zero-order valence-electron chi connectivity index (χ0n) is 37.7. The SMILES string of the molecule is CC1(C)c2ccccc2N(Cc2ccc([N+](=O)[O-])cc2)C12C=Cc1cc([N+](=O)[O-])cc(CO)c1O2.Cc1cc2c(c(CO)c1)OC1(C=C2)N(c2ccccc2)c2ccccc2C12CCCCC2. The number of non-ortho nitro benzene ring substituents is 2. The van der Waals surface area contributed by atoms with E-state index >= 15 is 0 Å². The maximum Gasteiger partial charge on any atom is 0.270 e. The summed E-state index contributed by atoms with van der Waals surface area (Å²) in [6, 6.07) is 40.8. The molecule has 0 radical (unpaired) electrons. The Morgan fingerprint density at radius 3 is 1.85 bits per heavy atom. The number of ether oxygens (including phenoxy) is 2. The molecule has 0 aromatic heterocycles. The topological polar surface area (TPSA) is 152 Å². The molecule has 0 bridgehead atoms. The lowest BCUT2D eigenvalue weighted by molar-refractivity contribution is -0.385. The van der Waals surface area contributed by atoms with Crippen molar-refractivity contribution in [3.8, 4) is 11.5 Å². The average Bonchev–Trinajstić information content (AvgIpc) is 3.66. The van der Waals surface area contributed by atoms with E-state index < -0.39 is 33.3 Å². The van der Waals surface area contributed by atoms with E-state index in [-0.39, 0.29) is 23.4 Å². The van der Waals surface area contributed by atoms with Gasteiger partial charge in [-0.2, -0.15) is 0 Å². The van der Waals surface area contributed by atoms with Gasteiger partial charge in [0.05, 0.1) is 33.9 Å². The molecule has 1 fully saturated rings. The summed E-state index contributed by atoms with van der Waals surface area (Å²) in [6.07, 6.45) is 14.1. The number of rotatable bonds is 7. The highest BCUT2D eigenvalue weighted by molar-refractivity contribution is 5.81. The number of benzene rings is 6. The van der Waals surface area contributed by atoms with Gasteiger partial charge in [0.25, 0.3) is 11.4 Å². The van der Waals surface area contributed by atoms with Crippen LogP contribution in [-0.4, -0.2) is 31.5 Å². The first-order chi connectivity index (χ1) is 32.4. The highest BCUT2D eigenvalue weighted by atomic mass is 16.6. The van der Waals surface area contributed by atoms with Crippen LogP contribution in [0.25, 0.3) is 12.2 Å². The molecule has 3 spiro atoms. The Hall–Kier alpha value is -7.28. The molecular formula is C55H52N4O8. The van der Waals surface area contributed by atoms with Gasteiger partial charge in [-0.1, -0.05) is 92.1 Å². The number of aliphatic hydroxyl groups is 2. The standard InChI is InChI=1S/C29H29NO2.C26H23N3O6/c1-21-18-22-14-17-29(32-27(22)23(19-21)20-31)28(15-8-3-9-16-28)25-12-6-7-13-26(25)30(29)24-10-4-2-5-11-24;1-25(2)22-5-3-4-6-23(22)27(15-17-7-9-20(10-8-17)28(31)32)26(25)12-11-18-13-21(29(33)34)14-19(16-30)24(18)35-26/h2,4-7,10-14,17-19,31H,3,8-9,15-16,20H2,1H3;3-14,30H,15-16H2,1-2H3. The Balaban J connectivity index is 0.000000157. The van der Waals surface area contributed by atoms with Crippen molar-refractivity contribution < 1.29 is 29.5 Å². The van der Waals surface area contributed by atoms with Crippen molar-refractivity contribution in [3.05, 3.63) is 204 Å². The number of aryl methyl sites for hydroxylation is 1. The summed E-state index contributed by atoms with van der Waals surface area (Å²) < 4.78 is 13.9. The molecule has 1 aliphatic carbocycles. The molecule has 12 heteroatoms. The first-order valence-electron chi connectivity index (χ1n) is 22.8. The van der Waals surface area contributed by atoms with Crippen molar-refractivity contribution in [2.24, 2.45) is 0 Å². The van der Waals surface area contributed by atoms with Gasteiger partial charge in [-0.15, -0.1) is 0 Å². The van der Waals surface area contributed by atoms with Gasteiger partial charge >= 0.3 is 0 Å². The minimum atomic E-state index is -1.01. The molecule has 0 saturated heterocycles. The molecule has 2 atom stereocenters. The largest absolute Gasteiger partial charge is 0.462 e. The Bertz CT molecular complexity index is 2980. The fourth-order valence-corrected chi connectivity index (χ4v) is 11.5. The summed E-state index contributed by atoms with van der Waals surface area (Å²) in [5, 5.41) is 42.7. The summed E-state index contributed by atoms with van der Waals surface area (Å²) in [5.41, 5.74) is 8.07. The Morgan fingerprint density at radius 1 is 0.627 bits per heavy atom. The molecule has 0 amide bonds. The summed E-state index contributed by atoms with van der Waals surface area (Å²) in [4.78, 5) is 26.1. The number of aliphatic hydroxyl groups excluding tert-OH is 2. The van der Waals surface area contributed by atoms with Gasteiger partial charge in [-0.05, 0) is 111 Å². The van der Waals surface area contributed by atoms with E-state index in [9.17, 15) is 30.4 Å². The van der Waals surface area contributed by atoms with Crippen LogP contribution < -0.4 is 19.3 Å². The minimum absolute atomic E-state index is 0.0162. The molecule has 340 valence electrons. The second kappa shape index (κ2) is 16.6. The summed E-state index contributed by atoms with van der Waals surface area (Å²) in [6.45, 7) is 6.17. The van der Waals surface area contributed by atoms with Crippen LogP contribution in [0.2, 0.25) is 0 Å². The molecular weight excluding hydrogens is 845 g/mol. The Morgan fingerprint density at radius 2 is 1.19 bits per heavy atom. The van der Waals surface area contributed by atoms with E-state index in [1.54, 1.807) is 12.1 Å². The molecule has 2 unspecified atom stereocenters. The minimum Gasteiger partial charge on any atom is -0.462 e. The van der Waals surface area contributed by atoms with Crippen molar-refractivity contribution in [2.45, 2.75) is 94.9 Å². The first kappa shape index (κ1) is 43.6. The molecule has 4 heterocycles. The molecule has 5 aliphatic rings. The molecule has 6 aromatic carbocycles. The lowest BCUT2D eigenvalue weighted by atomic mass is 9.64. The average molecular weight is 897 g/mol. The van der Waals surface area contributed by atoms with Crippen LogP contribution in [0, 0.1) is 27.2 Å². The van der Waals surface area contributed by atoms with E-state index in [1.165, 1.54) is 54.8 Å². The van der Waals surface area contributed by atoms with Gasteiger partial charge in [0.1, 0.15) is 11.5 Å². The van der Waals surface area contributed by atoms with Crippen molar-refractivity contribution in [3.63, 3.8) is 0 Å². The molecule has 1 saturated carbocycles. The highest BCUT2D eigenvalue weighted by Gasteiger charge is 2.64. The van der Waals surface area contributed by atoms with Gasteiger partial charge in [-0.25, -0.2) is 0 Å². The summed E-state index contributed by atoms with van der Waals surface area (Å²) in [7, 11) is 0. The molecule has 6 aromatic rings. The van der Waals surface area contributed by atoms with Crippen molar-refractivity contribution >= 4 is 40.6 Å². The molecule has 67 heavy (non-hydrogen) atoms.